The maximum Gasteiger partial charge on any atom is 0.146 e. The smallest absolute Gasteiger partial charge is 0.146 e. The first-order valence-corrected chi connectivity index (χ1v) is 4.91. The highest BCUT2D eigenvalue weighted by Crippen LogP contribution is 2.15. The van der Waals surface area contributed by atoms with E-state index in [4.69, 9.17) is 5.73 Å². The van der Waals surface area contributed by atoms with Crippen LogP contribution >= 0.6 is 0 Å². The molecule has 5 nitrogen and oxygen atoms in total. The Labute approximate surface area is 87.9 Å². The van der Waals surface area contributed by atoms with E-state index in [1.54, 1.807) is 12.3 Å². The molecule has 0 amide bonds. The molecule has 5 heteroatoms. The maximum absolute atomic E-state index is 5.46. The van der Waals surface area contributed by atoms with Crippen LogP contribution in [-0.2, 0) is 6.54 Å². The third-order valence-corrected chi connectivity index (χ3v) is 2.07. The fourth-order valence-electron chi connectivity index (χ4n) is 1.34. The van der Waals surface area contributed by atoms with Crippen LogP contribution < -0.4 is 5.73 Å². The summed E-state index contributed by atoms with van der Waals surface area (Å²) in [6.45, 7) is 3.03. The number of hydrogen-bond donors (Lipinski definition) is 1. The summed E-state index contributed by atoms with van der Waals surface area (Å²) in [4.78, 5) is 0. The van der Waals surface area contributed by atoms with Gasteiger partial charge in [-0.25, -0.2) is 0 Å². The van der Waals surface area contributed by atoms with Gasteiger partial charge in [-0.3, -0.25) is 4.68 Å². The third-order valence-electron chi connectivity index (χ3n) is 2.07. The van der Waals surface area contributed by atoms with Gasteiger partial charge in [0.05, 0.1) is 11.9 Å². The standard InChI is InChI=1S/C10H13N5/c1-2-5-15-7-8(6-12-15)9-3-4-10(11)14-13-9/h3-4,6-7H,2,5H2,1H3,(H2,11,14). The Hall–Kier alpha value is -1.91. The Kier molecular flexibility index (Phi) is 2.62. The van der Waals surface area contributed by atoms with Crippen molar-refractivity contribution in [3.63, 3.8) is 0 Å². The van der Waals surface area contributed by atoms with Gasteiger partial charge in [0.25, 0.3) is 0 Å². The number of rotatable bonds is 3. The number of nitrogens with two attached hydrogens (primary N) is 1. The van der Waals surface area contributed by atoms with E-state index in [9.17, 15) is 0 Å². The molecule has 2 aromatic heterocycles. The number of aromatic nitrogens is 4. The van der Waals surface area contributed by atoms with E-state index in [0.717, 1.165) is 24.2 Å². The molecule has 0 saturated carbocycles. The van der Waals surface area contributed by atoms with Crippen LogP contribution in [0.5, 0.6) is 0 Å². The van der Waals surface area contributed by atoms with Crippen molar-refractivity contribution in [1.29, 1.82) is 0 Å². The highest BCUT2D eigenvalue weighted by atomic mass is 15.3. The molecule has 0 bridgehead atoms. The Balaban J connectivity index is 2.25. The third kappa shape index (κ3) is 2.12. The van der Waals surface area contributed by atoms with Crippen molar-refractivity contribution in [2.75, 3.05) is 5.73 Å². The first kappa shape index (κ1) is 9.64. The van der Waals surface area contributed by atoms with Crippen LogP contribution in [0.25, 0.3) is 11.3 Å². The topological polar surface area (TPSA) is 69.6 Å². The molecule has 0 saturated heterocycles. The van der Waals surface area contributed by atoms with E-state index < -0.39 is 0 Å². The molecular weight excluding hydrogens is 190 g/mol. The van der Waals surface area contributed by atoms with Gasteiger partial charge in [0.2, 0.25) is 0 Å². The molecule has 2 N–H and O–H groups in total. The lowest BCUT2D eigenvalue weighted by molar-refractivity contribution is 0.603. The van der Waals surface area contributed by atoms with Gasteiger partial charge in [-0.15, -0.1) is 10.2 Å². The highest BCUT2D eigenvalue weighted by Gasteiger charge is 2.02. The van der Waals surface area contributed by atoms with Crippen LogP contribution in [0, 0.1) is 0 Å². The van der Waals surface area contributed by atoms with Crippen molar-refractivity contribution in [3.05, 3.63) is 24.5 Å². The van der Waals surface area contributed by atoms with E-state index in [-0.39, 0.29) is 0 Å². The zero-order valence-electron chi connectivity index (χ0n) is 8.59. The quantitative estimate of drug-likeness (QED) is 0.817. The molecule has 0 aliphatic carbocycles. The van der Waals surface area contributed by atoms with E-state index in [1.807, 2.05) is 16.9 Å². The average molecular weight is 203 g/mol. The van der Waals surface area contributed by atoms with Gasteiger partial charge >= 0.3 is 0 Å². The molecule has 15 heavy (non-hydrogen) atoms. The fraction of sp³-hybridized carbons (Fsp3) is 0.300. The van der Waals surface area contributed by atoms with Gasteiger partial charge in [-0.2, -0.15) is 5.10 Å². The highest BCUT2D eigenvalue weighted by molar-refractivity contribution is 5.56. The van der Waals surface area contributed by atoms with Crippen molar-refractivity contribution in [2.24, 2.45) is 0 Å². The van der Waals surface area contributed by atoms with Crippen molar-refractivity contribution in [2.45, 2.75) is 19.9 Å². The SMILES string of the molecule is CCCn1cc(-c2ccc(N)nn2)cn1. The second kappa shape index (κ2) is 4.08. The zero-order chi connectivity index (χ0) is 10.7. The molecule has 0 aromatic carbocycles. The summed E-state index contributed by atoms with van der Waals surface area (Å²) in [5.74, 6) is 0.430. The van der Waals surface area contributed by atoms with Crippen LogP contribution in [0.3, 0.4) is 0 Å². The van der Waals surface area contributed by atoms with Crippen molar-refractivity contribution >= 4 is 5.82 Å². The van der Waals surface area contributed by atoms with Crippen LogP contribution in [0.1, 0.15) is 13.3 Å². The lowest BCUT2D eigenvalue weighted by atomic mass is 10.2. The lowest BCUT2D eigenvalue weighted by Crippen LogP contribution is -1.95. The lowest BCUT2D eigenvalue weighted by Gasteiger charge is -1.96. The Morgan fingerprint density at radius 3 is 2.87 bits per heavy atom. The summed E-state index contributed by atoms with van der Waals surface area (Å²) in [5, 5.41) is 12.0. The molecule has 0 fully saturated rings. The monoisotopic (exact) mass is 203 g/mol. The first-order valence-electron chi connectivity index (χ1n) is 4.91. The molecule has 0 aliphatic rings. The van der Waals surface area contributed by atoms with Gasteiger partial charge in [0, 0.05) is 18.3 Å². The summed E-state index contributed by atoms with van der Waals surface area (Å²) in [6.07, 6.45) is 4.81. The molecule has 0 atom stereocenters. The molecule has 2 rings (SSSR count). The van der Waals surface area contributed by atoms with E-state index in [1.165, 1.54) is 0 Å². The molecule has 2 aromatic rings. The zero-order valence-corrected chi connectivity index (χ0v) is 8.59. The van der Waals surface area contributed by atoms with Gasteiger partial charge in [0.1, 0.15) is 5.82 Å². The van der Waals surface area contributed by atoms with Gasteiger partial charge < -0.3 is 5.73 Å². The van der Waals surface area contributed by atoms with E-state index in [0.29, 0.717) is 5.82 Å². The molecule has 78 valence electrons. The minimum atomic E-state index is 0.430. The number of aryl methyl sites for hydroxylation is 1. The summed E-state index contributed by atoms with van der Waals surface area (Å²) >= 11 is 0. The largest absolute Gasteiger partial charge is 0.382 e. The van der Waals surface area contributed by atoms with Crippen LogP contribution in [-0.4, -0.2) is 20.0 Å². The van der Waals surface area contributed by atoms with Crippen molar-refractivity contribution in [3.8, 4) is 11.3 Å². The molecule has 0 unspecified atom stereocenters. The van der Waals surface area contributed by atoms with E-state index >= 15 is 0 Å². The number of nitrogen functional groups attached to an aromatic ring is 1. The second-order valence-corrected chi connectivity index (χ2v) is 3.34. The van der Waals surface area contributed by atoms with Gasteiger partial charge in [-0.1, -0.05) is 6.92 Å². The Morgan fingerprint density at radius 1 is 1.33 bits per heavy atom. The van der Waals surface area contributed by atoms with Gasteiger partial charge in [0.15, 0.2) is 0 Å². The summed E-state index contributed by atoms with van der Waals surface area (Å²) in [5.41, 5.74) is 7.23. The molecule has 2 heterocycles. The minimum absolute atomic E-state index is 0.430. The molecule has 0 spiro atoms. The predicted molar refractivity (Wildman–Crippen MR) is 58.0 cm³/mol. The summed E-state index contributed by atoms with van der Waals surface area (Å²) in [6, 6.07) is 3.58. The summed E-state index contributed by atoms with van der Waals surface area (Å²) in [7, 11) is 0. The number of anilines is 1. The normalized spacial score (nSPS) is 10.5. The van der Waals surface area contributed by atoms with Crippen LogP contribution in [0.15, 0.2) is 24.5 Å². The van der Waals surface area contributed by atoms with Crippen LogP contribution in [0.4, 0.5) is 5.82 Å². The predicted octanol–water partition coefficient (Wildman–Crippen LogP) is 1.33. The van der Waals surface area contributed by atoms with E-state index in [2.05, 4.69) is 22.2 Å². The molecular formula is C10H13N5. The molecule has 0 radical (unpaired) electrons. The van der Waals surface area contributed by atoms with Crippen molar-refractivity contribution in [1.82, 2.24) is 20.0 Å². The molecule has 0 aliphatic heterocycles. The summed E-state index contributed by atoms with van der Waals surface area (Å²) < 4.78 is 1.90. The minimum Gasteiger partial charge on any atom is -0.382 e. The van der Waals surface area contributed by atoms with Crippen molar-refractivity contribution < 1.29 is 0 Å². The van der Waals surface area contributed by atoms with Crippen LogP contribution in [0.2, 0.25) is 0 Å². The Morgan fingerprint density at radius 2 is 2.20 bits per heavy atom. The fourth-order valence-corrected chi connectivity index (χ4v) is 1.34. The first-order chi connectivity index (χ1) is 7.29. The Bertz CT molecular complexity index is 431. The van der Waals surface area contributed by atoms with Gasteiger partial charge in [-0.05, 0) is 18.6 Å². The second-order valence-electron chi connectivity index (χ2n) is 3.34. The number of nitrogens with zero attached hydrogens (tertiary/aromatic N) is 4. The maximum atomic E-state index is 5.46. The number of hydrogen-bond acceptors (Lipinski definition) is 4. The average Bonchev–Trinajstić information content (AvgIpc) is 2.68.